The molecule has 0 radical (unpaired) electrons. The zero-order valence-electron chi connectivity index (χ0n) is 39.0. The van der Waals surface area contributed by atoms with E-state index in [9.17, 15) is 14.4 Å². The van der Waals surface area contributed by atoms with Crippen molar-refractivity contribution < 1.29 is 28.6 Å². The van der Waals surface area contributed by atoms with E-state index >= 15 is 0 Å². The maximum Gasteiger partial charge on any atom is 0.306 e. The van der Waals surface area contributed by atoms with Crippen LogP contribution in [0, 0.1) is 11.8 Å². The van der Waals surface area contributed by atoms with Crippen molar-refractivity contribution in [3.8, 4) is 0 Å². The molecule has 0 aliphatic rings. The molecule has 0 spiro atoms. The van der Waals surface area contributed by atoms with E-state index in [1.807, 2.05) is 0 Å². The van der Waals surface area contributed by atoms with Gasteiger partial charge in [-0.3, -0.25) is 14.4 Å². The van der Waals surface area contributed by atoms with Gasteiger partial charge in [0.1, 0.15) is 13.2 Å². The summed E-state index contributed by atoms with van der Waals surface area (Å²) in [5.41, 5.74) is 0. The maximum atomic E-state index is 12.7. The Morgan fingerprint density at radius 2 is 0.614 bits per heavy atom. The second kappa shape index (κ2) is 44.0. The highest BCUT2D eigenvalue weighted by atomic mass is 16.6. The number of unbranched alkanes of at least 4 members (excludes halogenated alkanes) is 28. The first kappa shape index (κ1) is 55.4. The minimum Gasteiger partial charge on any atom is -0.462 e. The second-order valence-corrected chi connectivity index (χ2v) is 17.9. The van der Waals surface area contributed by atoms with E-state index in [1.54, 1.807) is 0 Å². The van der Waals surface area contributed by atoms with Crippen LogP contribution in [0.2, 0.25) is 0 Å². The summed E-state index contributed by atoms with van der Waals surface area (Å²) in [5.74, 6) is 0.906. The van der Waals surface area contributed by atoms with Gasteiger partial charge in [0.05, 0.1) is 0 Å². The highest BCUT2D eigenvalue weighted by Crippen LogP contribution is 2.18. The Bertz CT molecular complexity index is 874. The summed E-state index contributed by atoms with van der Waals surface area (Å²) in [4.78, 5) is 37.7. The molecule has 0 saturated carbocycles. The third kappa shape index (κ3) is 42.3. The third-order valence-electron chi connectivity index (χ3n) is 12.2. The van der Waals surface area contributed by atoms with Crippen molar-refractivity contribution >= 4 is 17.9 Å². The van der Waals surface area contributed by atoms with E-state index in [4.69, 9.17) is 14.2 Å². The van der Waals surface area contributed by atoms with Gasteiger partial charge in [-0.2, -0.15) is 0 Å². The van der Waals surface area contributed by atoms with Crippen LogP contribution in [0.15, 0.2) is 0 Å². The molecule has 0 saturated heterocycles. The van der Waals surface area contributed by atoms with Gasteiger partial charge < -0.3 is 14.2 Å². The van der Waals surface area contributed by atoms with Gasteiger partial charge in [0.2, 0.25) is 0 Å². The molecule has 0 amide bonds. The quantitative estimate of drug-likeness (QED) is 0.0346. The van der Waals surface area contributed by atoms with E-state index in [1.165, 1.54) is 167 Å². The molecule has 338 valence electrons. The number of hydrogen-bond acceptors (Lipinski definition) is 6. The minimum atomic E-state index is -0.760. The molecule has 6 nitrogen and oxygen atoms in total. The van der Waals surface area contributed by atoms with Crippen molar-refractivity contribution in [2.75, 3.05) is 13.2 Å². The molecule has 0 aromatic carbocycles. The van der Waals surface area contributed by atoms with Crippen molar-refractivity contribution in [3.63, 3.8) is 0 Å². The Morgan fingerprint density at radius 3 is 0.912 bits per heavy atom. The zero-order valence-corrected chi connectivity index (χ0v) is 39.0. The number of carbonyl (C=O) groups is 3. The van der Waals surface area contributed by atoms with Crippen molar-refractivity contribution in [1.82, 2.24) is 0 Å². The normalized spacial score (nSPS) is 13.0. The van der Waals surface area contributed by atoms with Crippen LogP contribution in [0.4, 0.5) is 0 Å². The maximum absolute atomic E-state index is 12.7. The SMILES string of the molecule is CCCCCCCCCC(=O)OC[C@H](COC(=O)CCCCCCCCCCCCCCCCC(C)CC)OC(=O)CCCCCCCCCCCCC(C)CC. The number of rotatable bonds is 45. The van der Waals surface area contributed by atoms with E-state index < -0.39 is 6.10 Å². The molecule has 0 N–H and O–H groups in total. The average molecular weight is 807 g/mol. The van der Waals surface area contributed by atoms with Gasteiger partial charge in [0.25, 0.3) is 0 Å². The number of carbonyl (C=O) groups excluding carboxylic acids is 3. The molecule has 0 aromatic heterocycles. The summed E-state index contributed by atoms with van der Waals surface area (Å²) in [7, 11) is 0. The van der Waals surface area contributed by atoms with Crippen LogP contribution in [0.1, 0.15) is 279 Å². The van der Waals surface area contributed by atoms with Gasteiger partial charge in [-0.1, -0.05) is 240 Å². The lowest BCUT2D eigenvalue weighted by Crippen LogP contribution is -2.30. The molecule has 0 aromatic rings. The molecule has 0 rings (SSSR count). The van der Waals surface area contributed by atoms with Crippen LogP contribution in [0.5, 0.6) is 0 Å². The molecule has 0 fully saturated rings. The van der Waals surface area contributed by atoms with Gasteiger partial charge in [-0.05, 0) is 31.1 Å². The third-order valence-corrected chi connectivity index (χ3v) is 12.2. The summed E-state index contributed by atoms with van der Waals surface area (Å²) in [6.07, 6.45) is 43.7. The topological polar surface area (TPSA) is 78.9 Å². The molecule has 0 aliphatic carbocycles. The predicted octanol–water partition coefficient (Wildman–Crippen LogP) is 16.1. The average Bonchev–Trinajstić information content (AvgIpc) is 3.21. The summed E-state index contributed by atoms with van der Waals surface area (Å²) in [6.45, 7) is 11.4. The van der Waals surface area contributed by atoms with Crippen LogP contribution in [-0.4, -0.2) is 37.2 Å². The van der Waals surface area contributed by atoms with Crippen LogP contribution >= 0.6 is 0 Å². The molecule has 57 heavy (non-hydrogen) atoms. The molecule has 2 unspecified atom stereocenters. The first-order valence-corrected chi connectivity index (χ1v) is 25.3. The largest absolute Gasteiger partial charge is 0.462 e. The lowest BCUT2D eigenvalue weighted by Gasteiger charge is -2.18. The van der Waals surface area contributed by atoms with Crippen molar-refractivity contribution in [1.29, 1.82) is 0 Å². The predicted molar refractivity (Wildman–Crippen MR) is 243 cm³/mol. The van der Waals surface area contributed by atoms with E-state index in [2.05, 4.69) is 34.6 Å². The monoisotopic (exact) mass is 807 g/mol. The zero-order chi connectivity index (χ0) is 41.9. The van der Waals surface area contributed by atoms with E-state index in [0.717, 1.165) is 69.6 Å². The molecule has 3 atom stereocenters. The lowest BCUT2D eigenvalue weighted by molar-refractivity contribution is -0.167. The van der Waals surface area contributed by atoms with Gasteiger partial charge in [-0.15, -0.1) is 0 Å². The van der Waals surface area contributed by atoms with Crippen LogP contribution in [0.3, 0.4) is 0 Å². The highest BCUT2D eigenvalue weighted by molar-refractivity contribution is 5.71. The smallest absolute Gasteiger partial charge is 0.306 e. The Kier molecular flexibility index (Phi) is 42.7. The molecular weight excluding hydrogens is 709 g/mol. The number of ether oxygens (including phenoxy) is 3. The van der Waals surface area contributed by atoms with E-state index in [-0.39, 0.29) is 31.1 Å². The fraction of sp³-hybridized carbons (Fsp3) is 0.941. The van der Waals surface area contributed by atoms with Gasteiger partial charge in [0.15, 0.2) is 6.10 Å². The van der Waals surface area contributed by atoms with Gasteiger partial charge >= 0.3 is 17.9 Å². The highest BCUT2D eigenvalue weighted by Gasteiger charge is 2.19. The number of hydrogen-bond donors (Lipinski definition) is 0. The van der Waals surface area contributed by atoms with Crippen molar-refractivity contribution in [2.45, 2.75) is 285 Å². The minimum absolute atomic E-state index is 0.0643. The molecule has 0 aliphatic heterocycles. The van der Waals surface area contributed by atoms with Crippen LogP contribution in [0.25, 0.3) is 0 Å². The molecular formula is C51H98O6. The fourth-order valence-corrected chi connectivity index (χ4v) is 7.57. The lowest BCUT2D eigenvalue weighted by atomic mass is 9.99. The Labute approximate surface area is 355 Å². The van der Waals surface area contributed by atoms with Gasteiger partial charge in [-0.25, -0.2) is 0 Å². The van der Waals surface area contributed by atoms with Crippen LogP contribution < -0.4 is 0 Å². The first-order chi connectivity index (χ1) is 27.8. The summed E-state index contributed by atoms with van der Waals surface area (Å²) >= 11 is 0. The Hall–Kier alpha value is -1.59. The summed E-state index contributed by atoms with van der Waals surface area (Å²) in [5, 5.41) is 0. The van der Waals surface area contributed by atoms with Crippen molar-refractivity contribution in [2.24, 2.45) is 11.8 Å². The molecule has 0 heterocycles. The Balaban J connectivity index is 4.21. The second-order valence-electron chi connectivity index (χ2n) is 17.9. The van der Waals surface area contributed by atoms with E-state index in [0.29, 0.717) is 19.3 Å². The fourth-order valence-electron chi connectivity index (χ4n) is 7.57. The van der Waals surface area contributed by atoms with Gasteiger partial charge in [0, 0.05) is 19.3 Å². The summed E-state index contributed by atoms with van der Waals surface area (Å²) in [6, 6.07) is 0. The Morgan fingerprint density at radius 1 is 0.351 bits per heavy atom. The standard InChI is InChI=1S/C51H98O6/c1-6-9-10-11-24-31-36-41-49(52)55-44-48(57-51(54)43-38-33-28-23-19-18-21-26-30-35-40-47(5)8-3)45-56-50(53)42-37-32-27-22-17-15-13-12-14-16-20-25-29-34-39-46(4)7-2/h46-48H,6-45H2,1-5H3/t46?,47?,48-/m1/s1. The number of esters is 3. The summed E-state index contributed by atoms with van der Waals surface area (Å²) < 4.78 is 16.7. The van der Waals surface area contributed by atoms with Crippen LogP contribution in [-0.2, 0) is 28.6 Å². The molecule has 0 bridgehead atoms. The molecule has 6 heteroatoms. The van der Waals surface area contributed by atoms with Crippen molar-refractivity contribution in [3.05, 3.63) is 0 Å². The first-order valence-electron chi connectivity index (χ1n) is 25.3.